The van der Waals surface area contributed by atoms with E-state index in [1.807, 2.05) is 18.2 Å². The zero-order valence-electron chi connectivity index (χ0n) is 13.5. The molecule has 1 aliphatic rings. The molecule has 24 heavy (non-hydrogen) atoms. The third-order valence-corrected chi connectivity index (χ3v) is 4.66. The Labute approximate surface area is 141 Å². The highest BCUT2D eigenvalue weighted by atomic mass is 16.2. The molecular formula is C21H18O3. The molecule has 0 heterocycles. The van der Waals surface area contributed by atoms with Crippen molar-refractivity contribution in [1.82, 2.24) is 0 Å². The Morgan fingerprint density at radius 2 is 1.67 bits per heavy atom. The highest BCUT2D eigenvalue weighted by Gasteiger charge is 2.44. The van der Waals surface area contributed by atoms with Crippen LogP contribution in [-0.2, 0) is 11.2 Å². The zero-order valence-corrected chi connectivity index (χ0v) is 13.5. The SMILES string of the molecule is CC(=O)[C@@]1(/C=C/C(=O)c2ccccc2)CCc2ccccc2C1=O. The topological polar surface area (TPSA) is 51.2 Å². The lowest BCUT2D eigenvalue weighted by atomic mass is 9.68. The third-order valence-electron chi connectivity index (χ3n) is 4.66. The molecule has 3 heteroatoms. The number of ketones is 3. The van der Waals surface area contributed by atoms with Crippen LogP contribution in [0.5, 0.6) is 0 Å². The fraction of sp³-hybridized carbons (Fsp3) is 0.190. The van der Waals surface area contributed by atoms with E-state index in [0.717, 1.165) is 5.56 Å². The second kappa shape index (κ2) is 6.36. The summed E-state index contributed by atoms with van der Waals surface area (Å²) >= 11 is 0. The smallest absolute Gasteiger partial charge is 0.185 e. The molecule has 0 saturated carbocycles. The number of carbonyl (C=O) groups is 3. The molecule has 2 aromatic rings. The Bertz CT molecular complexity index is 833. The van der Waals surface area contributed by atoms with E-state index in [1.54, 1.807) is 36.4 Å². The van der Waals surface area contributed by atoms with E-state index in [0.29, 0.717) is 24.0 Å². The van der Waals surface area contributed by atoms with Gasteiger partial charge in [0.05, 0.1) is 0 Å². The maximum atomic E-state index is 12.9. The minimum Gasteiger partial charge on any atom is -0.299 e. The van der Waals surface area contributed by atoms with Crippen LogP contribution in [0.2, 0.25) is 0 Å². The van der Waals surface area contributed by atoms with Crippen molar-refractivity contribution < 1.29 is 14.4 Å². The summed E-state index contributed by atoms with van der Waals surface area (Å²) in [5, 5.41) is 0. The Balaban J connectivity index is 1.96. The molecule has 0 N–H and O–H groups in total. The first-order chi connectivity index (χ1) is 11.5. The van der Waals surface area contributed by atoms with Gasteiger partial charge in [0.1, 0.15) is 11.2 Å². The van der Waals surface area contributed by atoms with E-state index in [1.165, 1.54) is 19.1 Å². The van der Waals surface area contributed by atoms with Crippen molar-refractivity contribution >= 4 is 17.3 Å². The fourth-order valence-electron chi connectivity index (χ4n) is 3.17. The number of aryl methyl sites for hydroxylation is 1. The first-order valence-corrected chi connectivity index (χ1v) is 7.97. The van der Waals surface area contributed by atoms with Gasteiger partial charge in [-0.15, -0.1) is 0 Å². The van der Waals surface area contributed by atoms with Gasteiger partial charge in [0.15, 0.2) is 11.6 Å². The Morgan fingerprint density at radius 1 is 1.00 bits per heavy atom. The lowest BCUT2D eigenvalue weighted by molar-refractivity contribution is -0.122. The number of hydrogen-bond donors (Lipinski definition) is 0. The van der Waals surface area contributed by atoms with E-state index in [-0.39, 0.29) is 17.3 Å². The van der Waals surface area contributed by atoms with Crippen molar-refractivity contribution in [3.63, 3.8) is 0 Å². The quantitative estimate of drug-likeness (QED) is 0.489. The average Bonchev–Trinajstić information content (AvgIpc) is 2.62. The molecule has 3 nitrogen and oxygen atoms in total. The summed E-state index contributed by atoms with van der Waals surface area (Å²) in [7, 11) is 0. The van der Waals surface area contributed by atoms with Gasteiger partial charge < -0.3 is 0 Å². The standard InChI is InChI=1S/C21H18O3/c1-15(22)21(14-12-19(23)17-8-3-2-4-9-17)13-11-16-7-5-6-10-18(16)20(21)24/h2-10,12,14H,11,13H2,1H3/b14-12+/t21-/m0/s1. The number of Topliss-reactive ketones (excluding diaryl/α,β-unsaturated/α-hetero) is 2. The normalized spacial score (nSPS) is 20.0. The van der Waals surface area contributed by atoms with Crippen molar-refractivity contribution in [1.29, 1.82) is 0 Å². The maximum Gasteiger partial charge on any atom is 0.185 e. The zero-order chi connectivity index (χ0) is 17.2. The molecule has 1 atom stereocenters. The van der Waals surface area contributed by atoms with E-state index in [4.69, 9.17) is 0 Å². The fourth-order valence-corrected chi connectivity index (χ4v) is 3.17. The van der Waals surface area contributed by atoms with Gasteiger partial charge in [-0.25, -0.2) is 0 Å². The van der Waals surface area contributed by atoms with Gasteiger partial charge in [0.2, 0.25) is 0 Å². The van der Waals surface area contributed by atoms with Crippen LogP contribution in [0.25, 0.3) is 0 Å². The van der Waals surface area contributed by atoms with Crippen LogP contribution < -0.4 is 0 Å². The number of hydrogen-bond acceptors (Lipinski definition) is 3. The lowest BCUT2D eigenvalue weighted by Gasteiger charge is -2.31. The molecule has 0 fully saturated rings. The Morgan fingerprint density at radius 3 is 2.38 bits per heavy atom. The number of rotatable bonds is 4. The minimum atomic E-state index is -1.24. The second-order valence-corrected chi connectivity index (χ2v) is 6.08. The molecule has 0 radical (unpaired) electrons. The number of benzene rings is 2. The first-order valence-electron chi connectivity index (χ1n) is 7.97. The van der Waals surface area contributed by atoms with Gasteiger partial charge in [-0.2, -0.15) is 0 Å². The molecule has 0 aromatic heterocycles. The summed E-state index contributed by atoms with van der Waals surface area (Å²) in [6, 6.07) is 16.2. The van der Waals surface area contributed by atoms with Crippen molar-refractivity contribution in [2.75, 3.05) is 0 Å². The largest absolute Gasteiger partial charge is 0.299 e. The van der Waals surface area contributed by atoms with Gasteiger partial charge in [-0.3, -0.25) is 14.4 Å². The predicted molar refractivity (Wildman–Crippen MR) is 92.1 cm³/mol. The summed E-state index contributed by atoms with van der Waals surface area (Å²) < 4.78 is 0. The van der Waals surface area contributed by atoms with Gasteiger partial charge in [-0.1, -0.05) is 60.7 Å². The monoisotopic (exact) mass is 318 g/mol. The van der Waals surface area contributed by atoms with Crippen LogP contribution in [0.4, 0.5) is 0 Å². The predicted octanol–water partition coefficient (Wildman–Crippen LogP) is 3.83. The molecule has 1 aliphatic carbocycles. The highest BCUT2D eigenvalue weighted by Crippen LogP contribution is 2.37. The van der Waals surface area contributed by atoms with Gasteiger partial charge in [0, 0.05) is 11.1 Å². The summed E-state index contributed by atoms with van der Waals surface area (Å²) in [5.41, 5.74) is 0.840. The van der Waals surface area contributed by atoms with Crippen molar-refractivity contribution in [3.05, 3.63) is 83.4 Å². The molecule has 3 rings (SSSR count). The summed E-state index contributed by atoms with van der Waals surface area (Å²) in [6.45, 7) is 1.42. The molecule has 0 unspecified atom stereocenters. The molecular weight excluding hydrogens is 300 g/mol. The van der Waals surface area contributed by atoms with Crippen LogP contribution in [0.3, 0.4) is 0 Å². The van der Waals surface area contributed by atoms with E-state index >= 15 is 0 Å². The van der Waals surface area contributed by atoms with Gasteiger partial charge in [-0.05, 0) is 31.4 Å². The van der Waals surface area contributed by atoms with Crippen LogP contribution in [0.15, 0.2) is 66.7 Å². The van der Waals surface area contributed by atoms with Crippen LogP contribution >= 0.6 is 0 Å². The summed E-state index contributed by atoms with van der Waals surface area (Å²) in [5.74, 6) is -0.643. The van der Waals surface area contributed by atoms with Gasteiger partial charge >= 0.3 is 0 Å². The average molecular weight is 318 g/mol. The molecule has 2 aromatic carbocycles. The third kappa shape index (κ3) is 2.73. The number of allylic oxidation sites excluding steroid dienone is 2. The van der Waals surface area contributed by atoms with E-state index < -0.39 is 5.41 Å². The van der Waals surface area contributed by atoms with Crippen LogP contribution in [-0.4, -0.2) is 17.3 Å². The number of fused-ring (bicyclic) bond motifs is 1. The van der Waals surface area contributed by atoms with Crippen molar-refractivity contribution in [2.45, 2.75) is 19.8 Å². The summed E-state index contributed by atoms with van der Waals surface area (Å²) in [4.78, 5) is 37.5. The van der Waals surface area contributed by atoms with Crippen LogP contribution in [0, 0.1) is 5.41 Å². The molecule has 0 amide bonds. The van der Waals surface area contributed by atoms with E-state index in [2.05, 4.69) is 0 Å². The molecule has 0 spiro atoms. The molecule has 0 bridgehead atoms. The second-order valence-electron chi connectivity index (χ2n) is 6.08. The van der Waals surface area contributed by atoms with Gasteiger partial charge in [0.25, 0.3) is 0 Å². The molecule has 0 aliphatic heterocycles. The lowest BCUT2D eigenvalue weighted by Crippen LogP contribution is -2.40. The Hall–Kier alpha value is -2.81. The van der Waals surface area contributed by atoms with E-state index in [9.17, 15) is 14.4 Å². The summed E-state index contributed by atoms with van der Waals surface area (Å²) in [6.07, 6.45) is 3.91. The molecule has 0 saturated heterocycles. The Kier molecular flexibility index (Phi) is 4.26. The molecule has 120 valence electrons. The van der Waals surface area contributed by atoms with Crippen LogP contribution in [0.1, 0.15) is 39.6 Å². The van der Waals surface area contributed by atoms with Crippen molar-refractivity contribution in [2.24, 2.45) is 5.41 Å². The van der Waals surface area contributed by atoms with Crippen molar-refractivity contribution in [3.8, 4) is 0 Å². The minimum absolute atomic E-state index is 0.206. The first kappa shape index (κ1) is 16.1. The number of carbonyl (C=O) groups excluding carboxylic acids is 3. The maximum absolute atomic E-state index is 12.9. The highest BCUT2D eigenvalue weighted by molar-refractivity contribution is 6.18.